The van der Waals surface area contributed by atoms with E-state index in [0.29, 0.717) is 6.07 Å². The summed E-state index contributed by atoms with van der Waals surface area (Å²) in [5.74, 6) is -4.53. The third-order valence-corrected chi connectivity index (χ3v) is 5.65. The van der Waals surface area contributed by atoms with Crippen molar-refractivity contribution in [2.45, 2.75) is 19.9 Å². The second-order valence-corrected chi connectivity index (χ2v) is 8.20. The van der Waals surface area contributed by atoms with Gasteiger partial charge in [0, 0.05) is 17.8 Å². The van der Waals surface area contributed by atoms with Crippen molar-refractivity contribution < 1.29 is 35.6 Å². The SMILES string of the molecule is CCS(=O)(=O)N(Cc1ccc(C(=O)CNC(=O)C(F)F)cn1)c1cc(F)cc(F)c1. The molecule has 2 aromatic rings. The van der Waals surface area contributed by atoms with Crippen LogP contribution in [-0.2, 0) is 21.4 Å². The maximum absolute atomic E-state index is 13.5. The second kappa shape index (κ2) is 9.65. The molecular weight excluding hydrogens is 430 g/mol. The first-order valence-corrected chi connectivity index (χ1v) is 10.1. The number of amides is 1. The smallest absolute Gasteiger partial charge is 0.315 e. The van der Waals surface area contributed by atoms with Gasteiger partial charge in [-0.15, -0.1) is 0 Å². The molecule has 0 saturated carbocycles. The maximum atomic E-state index is 13.5. The van der Waals surface area contributed by atoms with Crippen molar-refractivity contribution in [1.82, 2.24) is 10.3 Å². The molecule has 0 spiro atoms. The lowest BCUT2D eigenvalue weighted by atomic mass is 10.1. The predicted molar refractivity (Wildman–Crippen MR) is 99.6 cm³/mol. The first-order chi connectivity index (χ1) is 14.0. The zero-order valence-electron chi connectivity index (χ0n) is 15.6. The Hall–Kier alpha value is -3.02. The number of alkyl halides is 2. The largest absolute Gasteiger partial charge is 0.344 e. The van der Waals surface area contributed by atoms with E-state index in [2.05, 4.69) is 4.98 Å². The topological polar surface area (TPSA) is 96.4 Å². The zero-order chi connectivity index (χ0) is 22.5. The Morgan fingerprint density at radius 1 is 1.13 bits per heavy atom. The highest BCUT2D eigenvalue weighted by Crippen LogP contribution is 2.23. The molecule has 0 radical (unpaired) electrons. The fourth-order valence-corrected chi connectivity index (χ4v) is 3.43. The van der Waals surface area contributed by atoms with Crippen LogP contribution in [-0.4, -0.2) is 43.8 Å². The molecule has 0 bridgehead atoms. The van der Waals surface area contributed by atoms with E-state index in [0.717, 1.165) is 22.6 Å². The van der Waals surface area contributed by atoms with E-state index in [4.69, 9.17) is 0 Å². The molecule has 30 heavy (non-hydrogen) atoms. The van der Waals surface area contributed by atoms with Gasteiger partial charge >= 0.3 is 6.43 Å². The maximum Gasteiger partial charge on any atom is 0.315 e. The minimum Gasteiger partial charge on any atom is -0.344 e. The van der Waals surface area contributed by atoms with Crippen LogP contribution in [0.3, 0.4) is 0 Å². The van der Waals surface area contributed by atoms with Crippen LogP contribution in [0.25, 0.3) is 0 Å². The third kappa shape index (κ3) is 5.99. The van der Waals surface area contributed by atoms with Crippen molar-refractivity contribution in [2.24, 2.45) is 0 Å². The van der Waals surface area contributed by atoms with Gasteiger partial charge in [-0.3, -0.25) is 18.9 Å². The molecule has 1 aromatic heterocycles. The molecule has 7 nitrogen and oxygen atoms in total. The summed E-state index contributed by atoms with van der Waals surface area (Å²) in [6, 6.07) is 4.89. The molecule has 0 aliphatic heterocycles. The summed E-state index contributed by atoms with van der Waals surface area (Å²) in [7, 11) is -3.92. The minimum atomic E-state index is -3.92. The van der Waals surface area contributed by atoms with E-state index in [1.54, 1.807) is 5.32 Å². The number of benzene rings is 1. The van der Waals surface area contributed by atoms with Crippen LogP contribution in [0.2, 0.25) is 0 Å². The van der Waals surface area contributed by atoms with E-state index in [9.17, 15) is 35.6 Å². The Labute approximate surface area is 169 Å². The van der Waals surface area contributed by atoms with E-state index in [-0.39, 0.29) is 29.2 Å². The van der Waals surface area contributed by atoms with Crippen LogP contribution in [0.5, 0.6) is 0 Å². The molecular formula is C18H17F4N3O4S. The fourth-order valence-electron chi connectivity index (χ4n) is 2.37. The summed E-state index contributed by atoms with van der Waals surface area (Å²) >= 11 is 0. The van der Waals surface area contributed by atoms with Crippen molar-refractivity contribution in [3.8, 4) is 0 Å². The number of aromatic nitrogens is 1. The molecule has 0 aliphatic rings. The van der Waals surface area contributed by atoms with Crippen LogP contribution < -0.4 is 9.62 Å². The van der Waals surface area contributed by atoms with Crippen LogP contribution in [0.4, 0.5) is 23.2 Å². The van der Waals surface area contributed by atoms with Crippen LogP contribution >= 0.6 is 0 Å². The van der Waals surface area contributed by atoms with E-state index < -0.39 is 46.3 Å². The first-order valence-electron chi connectivity index (χ1n) is 8.54. The molecule has 162 valence electrons. The molecule has 12 heteroatoms. The van der Waals surface area contributed by atoms with Gasteiger partial charge in [-0.1, -0.05) is 0 Å². The van der Waals surface area contributed by atoms with Gasteiger partial charge < -0.3 is 5.32 Å². The number of Topliss-reactive ketones (excluding diaryl/α,β-unsaturated/α-hetero) is 1. The van der Waals surface area contributed by atoms with Crippen molar-refractivity contribution in [3.63, 3.8) is 0 Å². The molecule has 1 heterocycles. The van der Waals surface area contributed by atoms with Crippen molar-refractivity contribution >= 4 is 27.4 Å². The van der Waals surface area contributed by atoms with Gasteiger partial charge in [0.15, 0.2) is 5.78 Å². The number of nitrogens with zero attached hydrogens (tertiary/aromatic N) is 2. The molecule has 0 aliphatic carbocycles. The number of ketones is 1. The Morgan fingerprint density at radius 3 is 2.27 bits per heavy atom. The molecule has 1 amide bonds. The minimum absolute atomic E-state index is 0.00462. The van der Waals surface area contributed by atoms with Crippen LogP contribution in [0.1, 0.15) is 23.0 Å². The summed E-state index contributed by atoms with van der Waals surface area (Å²) in [5.41, 5.74) is -0.0779. The number of halogens is 4. The zero-order valence-corrected chi connectivity index (χ0v) is 16.4. The Morgan fingerprint density at radius 2 is 1.77 bits per heavy atom. The predicted octanol–water partition coefficient (Wildman–Crippen LogP) is 2.28. The highest BCUT2D eigenvalue weighted by Gasteiger charge is 2.23. The number of anilines is 1. The van der Waals surface area contributed by atoms with E-state index in [1.165, 1.54) is 19.1 Å². The number of carbonyl (C=O) groups excluding carboxylic acids is 2. The highest BCUT2D eigenvalue weighted by atomic mass is 32.2. The molecule has 1 N–H and O–H groups in total. The number of hydrogen-bond donors (Lipinski definition) is 1. The first kappa shape index (κ1) is 23.3. The monoisotopic (exact) mass is 447 g/mol. The van der Waals surface area contributed by atoms with E-state index >= 15 is 0 Å². The molecule has 0 unspecified atom stereocenters. The summed E-state index contributed by atoms with van der Waals surface area (Å²) in [4.78, 5) is 26.7. The Bertz CT molecular complexity index is 1010. The Kier molecular flexibility index (Phi) is 7.48. The summed E-state index contributed by atoms with van der Waals surface area (Å²) < 4.78 is 77.0. The summed E-state index contributed by atoms with van der Waals surface area (Å²) in [6.07, 6.45) is -2.17. The van der Waals surface area contributed by atoms with Gasteiger partial charge in [0.1, 0.15) is 11.6 Å². The number of carbonyl (C=O) groups is 2. The lowest BCUT2D eigenvalue weighted by Gasteiger charge is -2.23. The molecule has 0 saturated heterocycles. The standard InChI is InChI=1S/C18H17F4N3O4S/c1-2-30(28,29)25(15-6-12(19)5-13(20)7-15)10-14-4-3-11(8-23-14)16(26)9-24-18(27)17(21)22/h3-8,17H,2,9-10H2,1H3,(H,24,27). The highest BCUT2D eigenvalue weighted by molar-refractivity contribution is 7.92. The van der Waals surface area contributed by atoms with Gasteiger partial charge in [0.25, 0.3) is 5.91 Å². The summed E-state index contributed by atoms with van der Waals surface area (Å²) in [6.45, 7) is 0.333. The molecule has 2 rings (SSSR count). The number of nitrogens with one attached hydrogen (secondary N) is 1. The number of sulfonamides is 1. The van der Waals surface area contributed by atoms with Crippen molar-refractivity contribution in [1.29, 1.82) is 0 Å². The summed E-state index contributed by atoms with van der Waals surface area (Å²) in [5, 5.41) is 1.76. The van der Waals surface area contributed by atoms with Gasteiger partial charge in [0.2, 0.25) is 10.0 Å². The average molecular weight is 447 g/mol. The van der Waals surface area contributed by atoms with Gasteiger partial charge in [0.05, 0.1) is 30.2 Å². The number of hydrogen-bond acceptors (Lipinski definition) is 5. The molecule has 0 fully saturated rings. The number of rotatable bonds is 9. The van der Waals surface area contributed by atoms with Gasteiger partial charge in [-0.25, -0.2) is 17.2 Å². The average Bonchev–Trinajstić information content (AvgIpc) is 2.69. The normalized spacial score (nSPS) is 11.4. The molecule has 1 aromatic carbocycles. The second-order valence-electron chi connectivity index (χ2n) is 6.01. The van der Waals surface area contributed by atoms with Crippen LogP contribution in [0.15, 0.2) is 36.5 Å². The lowest BCUT2D eigenvalue weighted by molar-refractivity contribution is -0.131. The van der Waals surface area contributed by atoms with E-state index in [1.807, 2.05) is 0 Å². The lowest BCUT2D eigenvalue weighted by Crippen LogP contribution is -2.34. The number of pyridine rings is 1. The fraction of sp³-hybridized carbons (Fsp3) is 0.278. The van der Waals surface area contributed by atoms with Gasteiger partial charge in [-0.2, -0.15) is 8.78 Å². The quantitative estimate of drug-likeness (QED) is 0.470. The van der Waals surface area contributed by atoms with Gasteiger partial charge in [-0.05, 0) is 31.2 Å². The van der Waals surface area contributed by atoms with Crippen molar-refractivity contribution in [3.05, 3.63) is 59.4 Å². The van der Waals surface area contributed by atoms with Crippen LogP contribution in [0, 0.1) is 11.6 Å². The Balaban J connectivity index is 2.21. The molecule has 0 atom stereocenters. The van der Waals surface area contributed by atoms with Crippen molar-refractivity contribution in [2.75, 3.05) is 16.6 Å². The third-order valence-electron chi connectivity index (χ3n) is 3.91.